The lowest BCUT2D eigenvalue weighted by atomic mass is 10.1. The van der Waals surface area contributed by atoms with Crippen LogP contribution in [0, 0.1) is 19.8 Å². The third-order valence-corrected chi connectivity index (χ3v) is 3.55. The van der Waals surface area contributed by atoms with Gasteiger partial charge in [0.25, 0.3) is 5.91 Å². The van der Waals surface area contributed by atoms with Crippen LogP contribution in [-0.2, 0) is 11.3 Å². The van der Waals surface area contributed by atoms with Crippen molar-refractivity contribution in [3.63, 3.8) is 0 Å². The zero-order chi connectivity index (χ0) is 17.1. The van der Waals surface area contributed by atoms with Gasteiger partial charge in [-0.3, -0.25) is 4.79 Å². The number of hydrogen-bond donors (Lipinski definition) is 2. The predicted molar refractivity (Wildman–Crippen MR) is 86.6 cm³/mol. The summed E-state index contributed by atoms with van der Waals surface area (Å²) in [7, 11) is 1.32. The summed E-state index contributed by atoms with van der Waals surface area (Å²) in [5, 5.41) is 7.04. The van der Waals surface area contributed by atoms with Crippen molar-refractivity contribution >= 4 is 17.7 Å². The molecule has 2 rings (SSSR count). The number of nitrogens with one attached hydrogen (secondary N) is 2. The highest BCUT2D eigenvalue weighted by Gasteiger charge is 2.23. The van der Waals surface area contributed by atoms with Crippen molar-refractivity contribution in [2.45, 2.75) is 34.2 Å². The third kappa shape index (κ3) is 3.44. The van der Waals surface area contributed by atoms with Gasteiger partial charge in [0.2, 0.25) is 0 Å². The van der Waals surface area contributed by atoms with Crippen molar-refractivity contribution in [3.8, 4) is 0 Å². The van der Waals surface area contributed by atoms with Gasteiger partial charge in [0.1, 0.15) is 11.5 Å². The molecule has 2 aromatic rings. The van der Waals surface area contributed by atoms with E-state index in [-0.39, 0.29) is 5.91 Å². The molecule has 2 aromatic heterocycles. The fourth-order valence-electron chi connectivity index (χ4n) is 2.49. The molecule has 23 heavy (non-hydrogen) atoms. The SMILES string of the molecule is COC(=O)c1c(C)[nH]c(C(=O)Nc2ccnn2CC(C)C)c1C. The molecule has 2 N–H and O–H groups in total. The van der Waals surface area contributed by atoms with Crippen molar-refractivity contribution < 1.29 is 14.3 Å². The third-order valence-electron chi connectivity index (χ3n) is 3.55. The number of amides is 1. The predicted octanol–water partition coefficient (Wildman–Crippen LogP) is 2.52. The van der Waals surface area contributed by atoms with E-state index in [0.29, 0.717) is 40.8 Å². The normalized spacial score (nSPS) is 10.9. The largest absolute Gasteiger partial charge is 0.465 e. The van der Waals surface area contributed by atoms with E-state index in [9.17, 15) is 9.59 Å². The van der Waals surface area contributed by atoms with Crippen LogP contribution in [0.2, 0.25) is 0 Å². The van der Waals surface area contributed by atoms with Crippen LogP contribution >= 0.6 is 0 Å². The van der Waals surface area contributed by atoms with E-state index in [2.05, 4.69) is 29.2 Å². The van der Waals surface area contributed by atoms with Gasteiger partial charge in [-0.1, -0.05) is 13.8 Å². The van der Waals surface area contributed by atoms with Gasteiger partial charge in [-0.2, -0.15) is 5.10 Å². The number of ether oxygens (including phenoxy) is 1. The molecular weight excluding hydrogens is 296 g/mol. The summed E-state index contributed by atoms with van der Waals surface area (Å²) in [6, 6.07) is 1.74. The first-order valence-electron chi connectivity index (χ1n) is 7.45. The molecule has 7 nitrogen and oxygen atoms in total. The number of aromatic amines is 1. The van der Waals surface area contributed by atoms with Crippen molar-refractivity contribution in [1.29, 1.82) is 0 Å². The second kappa shape index (κ2) is 6.68. The molecule has 2 heterocycles. The van der Waals surface area contributed by atoms with E-state index in [0.717, 1.165) is 0 Å². The highest BCUT2D eigenvalue weighted by atomic mass is 16.5. The summed E-state index contributed by atoms with van der Waals surface area (Å²) >= 11 is 0. The minimum Gasteiger partial charge on any atom is -0.465 e. The van der Waals surface area contributed by atoms with E-state index >= 15 is 0 Å². The Balaban J connectivity index is 2.26. The smallest absolute Gasteiger partial charge is 0.339 e. The number of aryl methyl sites for hydroxylation is 1. The van der Waals surface area contributed by atoms with Crippen LogP contribution in [0.1, 0.15) is 46.0 Å². The summed E-state index contributed by atoms with van der Waals surface area (Å²) in [6.45, 7) is 8.32. The van der Waals surface area contributed by atoms with Crippen LogP contribution in [0.4, 0.5) is 5.82 Å². The molecule has 124 valence electrons. The van der Waals surface area contributed by atoms with E-state index in [1.54, 1.807) is 30.8 Å². The molecule has 0 aliphatic carbocycles. The molecule has 1 amide bonds. The summed E-state index contributed by atoms with van der Waals surface area (Å²) in [5.41, 5.74) is 1.92. The first-order valence-corrected chi connectivity index (χ1v) is 7.45. The minimum absolute atomic E-state index is 0.314. The maximum Gasteiger partial charge on any atom is 0.339 e. The highest BCUT2D eigenvalue weighted by Crippen LogP contribution is 2.20. The Labute approximate surface area is 135 Å². The van der Waals surface area contributed by atoms with Gasteiger partial charge < -0.3 is 15.0 Å². The molecule has 0 saturated heterocycles. The molecule has 0 aliphatic rings. The molecule has 0 radical (unpaired) electrons. The first kappa shape index (κ1) is 16.8. The number of esters is 1. The van der Waals surface area contributed by atoms with Crippen molar-refractivity contribution in [2.75, 3.05) is 12.4 Å². The maximum absolute atomic E-state index is 12.5. The molecule has 0 aromatic carbocycles. The topological polar surface area (TPSA) is 89.0 Å². The number of hydrogen-bond acceptors (Lipinski definition) is 4. The second-order valence-electron chi connectivity index (χ2n) is 5.86. The molecule has 0 bridgehead atoms. The number of methoxy groups -OCH3 is 1. The average Bonchev–Trinajstić information content (AvgIpc) is 3.02. The van der Waals surface area contributed by atoms with Crippen LogP contribution in [0.25, 0.3) is 0 Å². The Morgan fingerprint density at radius 2 is 2.09 bits per heavy atom. The molecule has 0 fully saturated rings. The fourth-order valence-corrected chi connectivity index (χ4v) is 2.49. The van der Waals surface area contributed by atoms with Crippen molar-refractivity contribution in [2.24, 2.45) is 5.92 Å². The Morgan fingerprint density at radius 3 is 2.70 bits per heavy atom. The molecule has 0 saturated carbocycles. The average molecular weight is 318 g/mol. The molecule has 0 atom stereocenters. The van der Waals surface area contributed by atoms with Gasteiger partial charge in [0.15, 0.2) is 0 Å². The number of carbonyl (C=O) groups excluding carboxylic acids is 2. The fraction of sp³-hybridized carbons (Fsp3) is 0.438. The van der Waals surface area contributed by atoms with E-state index in [1.807, 2.05) is 0 Å². The Morgan fingerprint density at radius 1 is 1.39 bits per heavy atom. The number of anilines is 1. The van der Waals surface area contributed by atoms with Crippen molar-refractivity contribution in [1.82, 2.24) is 14.8 Å². The van der Waals surface area contributed by atoms with Gasteiger partial charge in [-0.05, 0) is 25.3 Å². The number of rotatable bonds is 5. The van der Waals surface area contributed by atoms with Gasteiger partial charge in [-0.15, -0.1) is 0 Å². The number of aromatic nitrogens is 3. The van der Waals surface area contributed by atoms with Crippen LogP contribution in [-0.4, -0.2) is 33.8 Å². The van der Waals surface area contributed by atoms with Crippen LogP contribution in [0.15, 0.2) is 12.3 Å². The van der Waals surface area contributed by atoms with Gasteiger partial charge in [0.05, 0.1) is 18.9 Å². The van der Waals surface area contributed by atoms with Gasteiger partial charge in [-0.25, -0.2) is 9.48 Å². The van der Waals surface area contributed by atoms with Gasteiger partial charge >= 0.3 is 5.97 Å². The summed E-state index contributed by atoms with van der Waals surface area (Å²) in [4.78, 5) is 27.3. The van der Waals surface area contributed by atoms with E-state index in [1.165, 1.54) is 7.11 Å². The molecule has 0 aliphatic heterocycles. The lowest BCUT2D eigenvalue weighted by Crippen LogP contribution is -2.18. The Kier molecular flexibility index (Phi) is 4.88. The second-order valence-corrected chi connectivity index (χ2v) is 5.86. The number of H-pyrrole nitrogens is 1. The minimum atomic E-state index is -0.458. The monoisotopic (exact) mass is 318 g/mol. The molecular formula is C16H22N4O3. The first-order chi connectivity index (χ1) is 10.8. The molecule has 0 unspecified atom stereocenters. The van der Waals surface area contributed by atoms with Crippen LogP contribution in [0.5, 0.6) is 0 Å². The molecule has 7 heteroatoms. The zero-order valence-corrected chi connectivity index (χ0v) is 14.1. The maximum atomic E-state index is 12.5. The lowest BCUT2D eigenvalue weighted by Gasteiger charge is -2.10. The summed E-state index contributed by atoms with van der Waals surface area (Å²) in [6.07, 6.45) is 1.64. The highest BCUT2D eigenvalue weighted by molar-refractivity contribution is 6.06. The van der Waals surface area contributed by atoms with E-state index < -0.39 is 5.97 Å². The van der Waals surface area contributed by atoms with E-state index in [4.69, 9.17) is 4.74 Å². The number of nitrogens with zero attached hydrogens (tertiary/aromatic N) is 2. The summed E-state index contributed by atoms with van der Waals surface area (Å²) < 4.78 is 6.50. The zero-order valence-electron chi connectivity index (χ0n) is 14.1. The standard InChI is InChI=1S/C16H22N4O3/c1-9(2)8-20-12(6-7-17-20)19-15(21)14-10(3)13(11(4)18-14)16(22)23-5/h6-7,9,18H,8H2,1-5H3,(H,19,21). The van der Waals surface area contributed by atoms with Crippen LogP contribution < -0.4 is 5.32 Å². The lowest BCUT2D eigenvalue weighted by molar-refractivity contribution is 0.0599. The van der Waals surface area contributed by atoms with Gasteiger partial charge in [0, 0.05) is 18.3 Å². The Bertz CT molecular complexity index is 728. The Hall–Kier alpha value is -2.57. The van der Waals surface area contributed by atoms with Crippen LogP contribution in [0.3, 0.4) is 0 Å². The molecule has 0 spiro atoms. The van der Waals surface area contributed by atoms with Crippen molar-refractivity contribution in [3.05, 3.63) is 34.8 Å². The summed E-state index contributed by atoms with van der Waals surface area (Å²) in [5.74, 6) is 0.257. The number of carbonyl (C=O) groups is 2. The quantitative estimate of drug-likeness (QED) is 0.829.